The maximum atomic E-state index is 5.67. The van der Waals surface area contributed by atoms with Gasteiger partial charge < -0.3 is 10.1 Å². The van der Waals surface area contributed by atoms with Crippen molar-refractivity contribution in [1.29, 1.82) is 0 Å². The van der Waals surface area contributed by atoms with Crippen LogP contribution in [0.2, 0.25) is 0 Å². The summed E-state index contributed by atoms with van der Waals surface area (Å²) in [7, 11) is 0. The standard InChI is InChI=1S/C12H17N3OS/c1-2-13-11-8-6-17-7-9(8)14-12(15-11)10-4-3-5-16-10/h10H,2-7H2,1H3,(H,13,14,15). The van der Waals surface area contributed by atoms with Gasteiger partial charge in [0.15, 0.2) is 5.82 Å². The van der Waals surface area contributed by atoms with Gasteiger partial charge in [-0.15, -0.1) is 0 Å². The molecule has 1 unspecified atom stereocenters. The number of ether oxygens (including phenoxy) is 1. The molecule has 5 heteroatoms. The normalized spacial score (nSPS) is 22.8. The average molecular weight is 251 g/mol. The molecule has 17 heavy (non-hydrogen) atoms. The van der Waals surface area contributed by atoms with Gasteiger partial charge in [-0.05, 0) is 19.8 Å². The first-order chi connectivity index (χ1) is 8.38. The average Bonchev–Trinajstić information content (AvgIpc) is 3.00. The van der Waals surface area contributed by atoms with Crippen LogP contribution in [-0.4, -0.2) is 23.1 Å². The Morgan fingerprint density at radius 2 is 2.35 bits per heavy atom. The van der Waals surface area contributed by atoms with E-state index in [-0.39, 0.29) is 6.10 Å². The smallest absolute Gasteiger partial charge is 0.159 e. The zero-order chi connectivity index (χ0) is 11.7. The second kappa shape index (κ2) is 4.82. The lowest BCUT2D eigenvalue weighted by molar-refractivity contribution is 0.105. The lowest BCUT2D eigenvalue weighted by Crippen LogP contribution is -2.11. The summed E-state index contributed by atoms with van der Waals surface area (Å²) in [5.41, 5.74) is 2.49. The minimum Gasteiger partial charge on any atom is -0.370 e. The first kappa shape index (κ1) is 11.3. The van der Waals surface area contributed by atoms with Crippen LogP contribution in [0.15, 0.2) is 0 Å². The van der Waals surface area contributed by atoms with Crippen molar-refractivity contribution in [2.75, 3.05) is 18.5 Å². The van der Waals surface area contributed by atoms with Crippen LogP contribution in [-0.2, 0) is 16.2 Å². The highest BCUT2D eigenvalue weighted by Gasteiger charge is 2.25. The topological polar surface area (TPSA) is 47.0 Å². The van der Waals surface area contributed by atoms with E-state index in [1.807, 2.05) is 11.8 Å². The van der Waals surface area contributed by atoms with Crippen LogP contribution in [0.3, 0.4) is 0 Å². The highest BCUT2D eigenvalue weighted by atomic mass is 32.2. The Morgan fingerprint density at radius 3 is 3.12 bits per heavy atom. The fourth-order valence-corrected chi connectivity index (χ4v) is 3.35. The number of anilines is 1. The molecule has 1 N–H and O–H groups in total. The lowest BCUT2D eigenvalue weighted by Gasteiger charge is -2.13. The third-order valence-electron chi connectivity index (χ3n) is 3.16. The molecule has 1 aromatic rings. The number of thioether (sulfide) groups is 1. The molecular formula is C12H17N3OS. The maximum Gasteiger partial charge on any atom is 0.159 e. The zero-order valence-corrected chi connectivity index (χ0v) is 10.8. The molecule has 1 atom stereocenters. The third-order valence-corrected chi connectivity index (χ3v) is 4.13. The molecule has 0 saturated carbocycles. The van der Waals surface area contributed by atoms with Gasteiger partial charge in [-0.1, -0.05) is 0 Å². The molecule has 0 amide bonds. The number of nitrogens with zero attached hydrogens (tertiary/aromatic N) is 2. The van der Waals surface area contributed by atoms with Crippen molar-refractivity contribution in [2.24, 2.45) is 0 Å². The molecule has 1 aromatic heterocycles. The molecule has 2 aliphatic rings. The van der Waals surface area contributed by atoms with E-state index in [9.17, 15) is 0 Å². The molecule has 3 heterocycles. The van der Waals surface area contributed by atoms with Gasteiger partial charge in [-0.2, -0.15) is 11.8 Å². The van der Waals surface area contributed by atoms with Crippen molar-refractivity contribution in [1.82, 2.24) is 9.97 Å². The molecule has 1 fully saturated rings. The largest absolute Gasteiger partial charge is 0.370 e. The second-order valence-corrected chi connectivity index (χ2v) is 5.37. The Balaban J connectivity index is 1.96. The molecular weight excluding hydrogens is 234 g/mol. The van der Waals surface area contributed by atoms with E-state index >= 15 is 0 Å². The number of nitrogens with one attached hydrogen (secondary N) is 1. The number of hydrogen-bond donors (Lipinski definition) is 1. The van der Waals surface area contributed by atoms with Crippen LogP contribution < -0.4 is 5.32 Å². The highest BCUT2D eigenvalue weighted by molar-refractivity contribution is 7.98. The molecule has 0 aromatic carbocycles. The molecule has 0 radical (unpaired) electrons. The summed E-state index contributed by atoms with van der Waals surface area (Å²) in [6, 6.07) is 0. The Morgan fingerprint density at radius 1 is 1.41 bits per heavy atom. The quantitative estimate of drug-likeness (QED) is 0.894. The molecule has 0 aliphatic carbocycles. The molecule has 2 aliphatic heterocycles. The van der Waals surface area contributed by atoms with Crippen molar-refractivity contribution in [2.45, 2.75) is 37.4 Å². The van der Waals surface area contributed by atoms with Gasteiger partial charge in [0, 0.05) is 30.2 Å². The maximum absolute atomic E-state index is 5.67. The summed E-state index contributed by atoms with van der Waals surface area (Å²) >= 11 is 1.91. The van der Waals surface area contributed by atoms with Crippen molar-refractivity contribution in [3.05, 3.63) is 17.1 Å². The summed E-state index contributed by atoms with van der Waals surface area (Å²) in [5, 5.41) is 3.35. The van der Waals surface area contributed by atoms with Gasteiger partial charge in [-0.25, -0.2) is 9.97 Å². The predicted molar refractivity (Wildman–Crippen MR) is 69.1 cm³/mol. The van der Waals surface area contributed by atoms with Gasteiger partial charge in [0.2, 0.25) is 0 Å². The van der Waals surface area contributed by atoms with E-state index in [0.29, 0.717) is 0 Å². The summed E-state index contributed by atoms with van der Waals surface area (Å²) in [6.45, 7) is 3.85. The van der Waals surface area contributed by atoms with Gasteiger partial charge >= 0.3 is 0 Å². The summed E-state index contributed by atoms with van der Waals surface area (Å²) in [6.07, 6.45) is 2.29. The monoisotopic (exact) mass is 251 g/mol. The zero-order valence-electron chi connectivity index (χ0n) is 10.0. The lowest BCUT2D eigenvalue weighted by atomic mass is 10.2. The van der Waals surface area contributed by atoms with Crippen LogP contribution >= 0.6 is 11.8 Å². The van der Waals surface area contributed by atoms with Crippen LogP contribution in [0.1, 0.15) is 43.0 Å². The highest BCUT2D eigenvalue weighted by Crippen LogP contribution is 2.35. The Kier molecular flexibility index (Phi) is 3.20. The van der Waals surface area contributed by atoms with Crippen LogP contribution in [0.25, 0.3) is 0 Å². The van der Waals surface area contributed by atoms with Crippen LogP contribution in [0.4, 0.5) is 5.82 Å². The number of fused-ring (bicyclic) bond motifs is 1. The SMILES string of the molecule is CCNc1nc(C2CCCO2)nc2c1CSC2. The van der Waals surface area contributed by atoms with Crippen molar-refractivity contribution >= 4 is 17.6 Å². The van der Waals surface area contributed by atoms with E-state index in [0.717, 1.165) is 49.1 Å². The Bertz CT molecular complexity index is 418. The minimum absolute atomic E-state index is 0.114. The molecule has 1 saturated heterocycles. The Labute approximate surface area is 106 Å². The molecule has 0 spiro atoms. The fourth-order valence-electron chi connectivity index (χ4n) is 2.31. The molecule has 92 valence electrons. The van der Waals surface area contributed by atoms with E-state index in [2.05, 4.69) is 22.2 Å². The number of hydrogen-bond acceptors (Lipinski definition) is 5. The van der Waals surface area contributed by atoms with Gasteiger partial charge in [-0.3, -0.25) is 0 Å². The number of aromatic nitrogens is 2. The van der Waals surface area contributed by atoms with Gasteiger partial charge in [0.1, 0.15) is 11.9 Å². The molecule has 0 bridgehead atoms. The summed E-state index contributed by atoms with van der Waals surface area (Å²) < 4.78 is 5.67. The summed E-state index contributed by atoms with van der Waals surface area (Å²) in [4.78, 5) is 9.34. The van der Waals surface area contributed by atoms with E-state index in [1.54, 1.807) is 0 Å². The van der Waals surface area contributed by atoms with Crippen molar-refractivity contribution in [3.63, 3.8) is 0 Å². The molecule has 3 rings (SSSR count). The first-order valence-corrected chi connectivity index (χ1v) is 7.37. The van der Waals surface area contributed by atoms with Gasteiger partial charge in [0.05, 0.1) is 5.69 Å². The van der Waals surface area contributed by atoms with Crippen LogP contribution in [0.5, 0.6) is 0 Å². The number of rotatable bonds is 3. The second-order valence-electron chi connectivity index (χ2n) is 4.38. The van der Waals surface area contributed by atoms with Crippen LogP contribution in [0, 0.1) is 0 Å². The van der Waals surface area contributed by atoms with E-state index in [1.165, 1.54) is 11.3 Å². The van der Waals surface area contributed by atoms with E-state index in [4.69, 9.17) is 4.74 Å². The van der Waals surface area contributed by atoms with Gasteiger partial charge in [0.25, 0.3) is 0 Å². The van der Waals surface area contributed by atoms with E-state index < -0.39 is 0 Å². The summed E-state index contributed by atoms with van der Waals surface area (Å²) in [5.74, 6) is 3.94. The molecule has 4 nitrogen and oxygen atoms in total. The Hall–Kier alpha value is -0.810. The fraction of sp³-hybridized carbons (Fsp3) is 0.667. The van der Waals surface area contributed by atoms with Crippen molar-refractivity contribution < 1.29 is 4.74 Å². The minimum atomic E-state index is 0.114. The van der Waals surface area contributed by atoms with Crippen molar-refractivity contribution in [3.8, 4) is 0 Å². The first-order valence-electron chi connectivity index (χ1n) is 6.21. The third kappa shape index (κ3) is 2.13. The predicted octanol–water partition coefficient (Wildman–Crippen LogP) is 2.51.